The number of thioether (sulfide) groups is 2. The molecule has 4 saturated heterocycles. The molecule has 0 spiro atoms. The number of thiocarbonyl (C=S) groups is 2. The Morgan fingerprint density at radius 2 is 1.04 bits per heavy atom. The Morgan fingerprint density at radius 1 is 0.662 bits per heavy atom. The van der Waals surface area contributed by atoms with E-state index in [1.165, 1.54) is 0 Å². The van der Waals surface area contributed by atoms with E-state index in [0.717, 1.165) is 33.8 Å². The summed E-state index contributed by atoms with van der Waals surface area (Å²) in [4.78, 5) is 62.5. The standard InChI is InChI=1S/C54H70N8O6S4.2ClH/c1-31(55-7)49(69)57-37-21-25-71-41-29-53(3,4)45(61(41)51(37)65)47(63)59-43-35-19-13-11-17-33(35)27-39(43)67-23-15-9-10-16-24-68-40-28-34-18-12-14-20-36(34)44(40)60-48(64)46-54(5,6)30-42-62(46)52(66)38(22-26-72-42)58-50(70)32(2)56-8;;/h11-14,17-20,31-32,37-46,55-56H,21-30H2,1-8H3,(H,57,69)(H,58,70)(H,59,63)(H,60,64);2*1H/t31?,32?,37-,38-,39+,40+,41-,42-,43-,44-,45+,46+;;/m0../s1. The van der Waals surface area contributed by atoms with Crippen LogP contribution in [0.15, 0.2) is 48.5 Å². The first kappa shape index (κ1) is 59.6. The lowest BCUT2D eigenvalue weighted by Crippen LogP contribution is -2.58. The molecule has 12 atom stereocenters. The first-order valence-corrected chi connectivity index (χ1v) is 28.1. The van der Waals surface area contributed by atoms with Crippen LogP contribution in [0.2, 0.25) is 0 Å². The van der Waals surface area contributed by atoms with Crippen molar-refractivity contribution < 1.29 is 28.7 Å². The van der Waals surface area contributed by atoms with Gasteiger partial charge in [0.15, 0.2) is 0 Å². The van der Waals surface area contributed by atoms with Crippen LogP contribution in [-0.2, 0) is 41.5 Å². The number of rotatable bonds is 14. The predicted molar refractivity (Wildman–Crippen MR) is 307 cm³/mol. The summed E-state index contributed by atoms with van der Waals surface area (Å²) in [5.41, 5.74) is 3.23. The number of nitrogens with zero attached hydrogens (tertiary/aromatic N) is 2. The minimum Gasteiger partial charge on any atom is -0.367 e. The van der Waals surface area contributed by atoms with E-state index in [4.69, 9.17) is 33.9 Å². The van der Waals surface area contributed by atoms with Gasteiger partial charge in [-0.1, -0.05) is 113 Å². The molecule has 74 heavy (non-hydrogen) atoms. The fraction of sp³-hybridized carbons (Fsp3) is 0.593. The summed E-state index contributed by atoms with van der Waals surface area (Å²) < 4.78 is 12.8. The molecule has 4 aliphatic heterocycles. The number of fused-ring (bicyclic) bond motifs is 4. The van der Waals surface area contributed by atoms with Crippen LogP contribution in [0.3, 0.4) is 0 Å². The summed E-state index contributed by atoms with van der Waals surface area (Å²) in [5, 5.41) is 19.3. The molecule has 2 aliphatic carbocycles. The van der Waals surface area contributed by atoms with Gasteiger partial charge in [0.25, 0.3) is 0 Å². The van der Waals surface area contributed by atoms with E-state index in [1.807, 2.05) is 74.1 Å². The first-order chi connectivity index (χ1) is 34.4. The Hall–Kier alpha value is -3.66. The maximum Gasteiger partial charge on any atom is 0.246 e. The van der Waals surface area contributed by atoms with E-state index >= 15 is 0 Å². The van der Waals surface area contributed by atoms with E-state index in [9.17, 15) is 19.2 Å². The highest BCUT2D eigenvalue weighted by Gasteiger charge is 2.57. The molecule has 8 rings (SSSR count). The zero-order chi connectivity index (χ0) is 51.5. The fourth-order valence-corrected chi connectivity index (χ4v) is 14.9. The van der Waals surface area contributed by atoms with Gasteiger partial charge in [0, 0.05) is 12.8 Å². The molecule has 402 valence electrons. The van der Waals surface area contributed by atoms with Crippen LogP contribution in [0, 0.1) is 34.5 Å². The quantitative estimate of drug-likeness (QED) is 0.105. The molecule has 2 aromatic carbocycles. The second kappa shape index (κ2) is 25.7. The van der Waals surface area contributed by atoms with Gasteiger partial charge >= 0.3 is 0 Å². The highest BCUT2D eigenvalue weighted by Crippen LogP contribution is 2.48. The molecular weight excluding hydrogens is 1060 g/mol. The van der Waals surface area contributed by atoms with E-state index in [-0.39, 0.29) is 96.7 Å². The van der Waals surface area contributed by atoms with Gasteiger partial charge in [-0.05, 0) is 110 Å². The van der Waals surface area contributed by atoms with Crippen molar-refractivity contribution in [2.45, 2.75) is 151 Å². The Bertz CT molecular complexity index is 2380. The van der Waals surface area contributed by atoms with Crippen molar-refractivity contribution in [3.05, 3.63) is 70.8 Å². The lowest BCUT2D eigenvalue weighted by atomic mass is 9.83. The van der Waals surface area contributed by atoms with Crippen molar-refractivity contribution in [2.75, 3.05) is 38.8 Å². The third-order valence-electron chi connectivity index (χ3n) is 15.3. The number of hydrogen-bond acceptors (Lipinski definition) is 12. The average Bonchev–Trinajstić information content (AvgIpc) is 3.99. The van der Waals surface area contributed by atoms with Crippen molar-refractivity contribution in [2.24, 2.45) is 10.8 Å². The monoisotopic (exact) mass is 1130 g/mol. The minimum atomic E-state index is -0.680. The third kappa shape index (κ3) is 12.8. The number of halogens is 2. The Labute approximate surface area is 469 Å². The molecule has 6 aliphatic rings. The number of likely N-dealkylation sites (N-methyl/N-ethyl adjacent to an activating group) is 2. The van der Waals surface area contributed by atoms with Gasteiger partial charge < -0.3 is 51.2 Å². The Kier molecular flexibility index (Phi) is 20.7. The van der Waals surface area contributed by atoms with Crippen LogP contribution >= 0.6 is 72.8 Å². The Balaban J connectivity index is 0.00000446. The number of nitrogens with one attached hydrogen (secondary N) is 6. The Morgan fingerprint density at radius 3 is 1.42 bits per heavy atom. The molecule has 2 unspecified atom stereocenters. The van der Waals surface area contributed by atoms with Crippen LogP contribution in [0.1, 0.15) is 102 Å². The van der Waals surface area contributed by atoms with E-state index in [2.05, 4.69) is 95.4 Å². The van der Waals surface area contributed by atoms with Gasteiger partial charge in [-0.3, -0.25) is 19.2 Å². The molecule has 4 heterocycles. The predicted octanol–water partition coefficient (Wildman–Crippen LogP) is 5.40. The summed E-state index contributed by atoms with van der Waals surface area (Å²) in [6, 6.07) is 12.6. The maximum atomic E-state index is 14.6. The number of carbonyl (C=O) groups excluding carboxylic acids is 4. The molecular formula is C54H72Cl2N8O6S4. The summed E-state index contributed by atoms with van der Waals surface area (Å²) in [5.74, 6) is 12.8. The lowest BCUT2D eigenvalue weighted by Gasteiger charge is -2.35. The van der Waals surface area contributed by atoms with Gasteiger partial charge in [0.05, 0.1) is 57.1 Å². The average molecular weight is 1130 g/mol. The van der Waals surface area contributed by atoms with Gasteiger partial charge in [0.2, 0.25) is 23.6 Å². The summed E-state index contributed by atoms with van der Waals surface area (Å²) >= 11 is 14.7. The molecule has 6 N–H and O–H groups in total. The molecule has 0 bridgehead atoms. The molecule has 0 aromatic heterocycles. The van der Waals surface area contributed by atoms with Crippen molar-refractivity contribution >= 4 is 106 Å². The van der Waals surface area contributed by atoms with Gasteiger partial charge in [-0.2, -0.15) is 0 Å². The smallest absolute Gasteiger partial charge is 0.246 e. The number of benzene rings is 2. The van der Waals surface area contributed by atoms with E-state index < -0.39 is 47.1 Å². The third-order valence-corrected chi connectivity index (χ3v) is 18.8. The van der Waals surface area contributed by atoms with Crippen LogP contribution in [-0.4, -0.2) is 141 Å². The number of carbonyl (C=O) groups is 4. The SMILES string of the molecule is CNC(C)C(=S)N[C@H]1CCS[C@H]2CC(C)(C)[C@@H](C(=O)N[C@H]3c4ccccc4C[C@H]3OCC#CC#CCO[C@@H]3Cc4ccccc4[C@@H]3NC(=O)[C@H]3N4C(=O)[C@@H](NC(=S)C(C)NC)CCS[C@H]4CC3(C)C)N2C1=O.Cl.Cl. The largest absolute Gasteiger partial charge is 0.367 e. The van der Waals surface area contributed by atoms with Crippen LogP contribution in [0.25, 0.3) is 0 Å². The summed E-state index contributed by atoms with van der Waals surface area (Å²) in [7, 11) is 3.67. The number of hydrogen-bond donors (Lipinski definition) is 6. The highest BCUT2D eigenvalue weighted by atomic mass is 35.5. The molecule has 0 saturated carbocycles. The van der Waals surface area contributed by atoms with Crippen molar-refractivity contribution in [1.82, 2.24) is 41.7 Å². The van der Waals surface area contributed by atoms with Crippen LogP contribution in [0.4, 0.5) is 0 Å². The highest BCUT2D eigenvalue weighted by molar-refractivity contribution is 8.00. The maximum absolute atomic E-state index is 14.6. The summed E-state index contributed by atoms with van der Waals surface area (Å²) in [6.07, 6.45) is 3.09. The van der Waals surface area contributed by atoms with Crippen LogP contribution < -0.4 is 31.9 Å². The van der Waals surface area contributed by atoms with Gasteiger partial charge in [-0.25, -0.2) is 0 Å². The van der Waals surface area contributed by atoms with E-state index in [0.29, 0.717) is 48.5 Å². The first-order valence-electron chi connectivity index (χ1n) is 25.2. The van der Waals surface area contributed by atoms with Crippen molar-refractivity contribution in [3.8, 4) is 23.7 Å². The molecule has 2 aromatic rings. The number of amides is 4. The van der Waals surface area contributed by atoms with Crippen LogP contribution in [0.5, 0.6) is 0 Å². The topological polar surface area (TPSA) is 165 Å². The lowest BCUT2D eigenvalue weighted by molar-refractivity contribution is -0.143. The molecule has 14 nitrogen and oxygen atoms in total. The van der Waals surface area contributed by atoms with E-state index in [1.54, 1.807) is 23.5 Å². The molecule has 20 heteroatoms. The van der Waals surface area contributed by atoms with Crippen molar-refractivity contribution in [1.29, 1.82) is 0 Å². The van der Waals surface area contributed by atoms with Gasteiger partial charge in [0.1, 0.15) is 37.4 Å². The second-order valence-electron chi connectivity index (χ2n) is 21.1. The zero-order valence-electron chi connectivity index (χ0n) is 43.4. The zero-order valence-corrected chi connectivity index (χ0v) is 48.3. The summed E-state index contributed by atoms with van der Waals surface area (Å²) in [6.45, 7) is 12.4. The molecule has 4 fully saturated rings. The number of ether oxygens (including phenoxy) is 2. The van der Waals surface area contributed by atoms with Gasteiger partial charge in [-0.15, -0.1) is 48.3 Å². The second-order valence-corrected chi connectivity index (χ2v) is 24.6. The normalized spacial score (nSPS) is 28.8. The molecule has 4 amide bonds. The molecule has 0 radical (unpaired) electrons. The fourth-order valence-electron chi connectivity index (χ4n) is 11.2. The minimum absolute atomic E-state index is 0. The van der Waals surface area contributed by atoms with Crippen molar-refractivity contribution in [3.63, 3.8) is 0 Å².